The fourth-order valence-electron chi connectivity index (χ4n) is 0.392. The van der Waals surface area contributed by atoms with Gasteiger partial charge < -0.3 is 19.4 Å². The summed E-state index contributed by atoms with van der Waals surface area (Å²) in [7, 11) is -0.502. The molecule has 0 fully saturated rings. The molecule has 0 aromatic rings. The highest BCUT2D eigenvalue weighted by molar-refractivity contribution is 6.16. The summed E-state index contributed by atoms with van der Waals surface area (Å²) in [6.45, 7) is 0.938. The molecule has 0 aromatic carbocycles. The van der Waals surface area contributed by atoms with Crippen molar-refractivity contribution in [2.75, 3.05) is 13.2 Å². The van der Waals surface area contributed by atoms with E-state index in [-0.39, 0.29) is 15.4 Å². The minimum atomic E-state index is -0.251. The maximum Gasteiger partial charge on any atom is 0.435 e. The van der Waals surface area contributed by atoms with E-state index in [0.29, 0.717) is 19.6 Å². The third-order valence-electron chi connectivity index (χ3n) is 0.760. The average Bonchev–Trinajstić information content (AvgIpc) is 1.89. The molecule has 0 amide bonds. The molecule has 0 aliphatic heterocycles. The minimum Gasteiger partial charge on any atom is -0.430 e. The highest BCUT2D eigenvalue weighted by atomic mass is 16.5. The molecule has 0 aliphatic rings. The van der Waals surface area contributed by atoms with Crippen molar-refractivity contribution < 1.29 is 19.4 Å². The van der Waals surface area contributed by atoms with E-state index in [1.54, 1.807) is 0 Å². The van der Waals surface area contributed by atoms with Crippen LogP contribution in [0.2, 0.25) is 0 Å². The van der Waals surface area contributed by atoms with E-state index in [4.69, 9.17) is 10.0 Å². The molecule has 0 atom stereocenters. The van der Waals surface area contributed by atoms with Crippen molar-refractivity contribution >= 4 is 15.4 Å². The summed E-state index contributed by atoms with van der Waals surface area (Å²) in [6.07, 6.45) is 0.696. The molecular formula is C3H10B2O4. The van der Waals surface area contributed by atoms with Crippen molar-refractivity contribution in [1.29, 1.82) is 0 Å². The molecular weight excluding hydrogens is 122 g/mol. The second-order valence-electron chi connectivity index (χ2n) is 1.43. The Balaban J connectivity index is 2.60. The molecule has 0 aliphatic carbocycles. The average molecular weight is 132 g/mol. The number of hydrogen-bond donors (Lipinski definition) is 2. The fraction of sp³-hybridized carbons (Fsp3) is 1.00. The maximum atomic E-state index is 8.11. The summed E-state index contributed by atoms with van der Waals surface area (Å²) < 4.78 is 9.15. The zero-order valence-corrected chi connectivity index (χ0v) is 5.25. The van der Waals surface area contributed by atoms with Crippen LogP contribution in [0.25, 0.3) is 0 Å². The first-order valence-corrected chi connectivity index (χ1v) is 2.79. The monoisotopic (exact) mass is 132 g/mol. The van der Waals surface area contributed by atoms with Crippen molar-refractivity contribution in [1.82, 2.24) is 0 Å². The van der Waals surface area contributed by atoms with Crippen molar-refractivity contribution in [3.05, 3.63) is 0 Å². The second-order valence-corrected chi connectivity index (χ2v) is 1.43. The Morgan fingerprint density at radius 3 is 1.78 bits per heavy atom. The van der Waals surface area contributed by atoms with E-state index in [2.05, 4.69) is 9.31 Å². The standard InChI is InChI=1S/C3H10B2O4/c6-4-8-2-1-3-9-5-7/h4-7H,1-3H2. The summed E-state index contributed by atoms with van der Waals surface area (Å²) in [5.41, 5.74) is 0. The summed E-state index contributed by atoms with van der Waals surface area (Å²) in [5.74, 6) is 0. The Morgan fingerprint density at radius 2 is 1.44 bits per heavy atom. The largest absolute Gasteiger partial charge is 0.435 e. The fourth-order valence-corrected chi connectivity index (χ4v) is 0.392. The Kier molecular flexibility index (Phi) is 7.94. The molecule has 0 aromatic heterocycles. The molecule has 0 radical (unpaired) electrons. The van der Waals surface area contributed by atoms with Crippen molar-refractivity contribution in [3.8, 4) is 0 Å². The van der Waals surface area contributed by atoms with E-state index < -0.39 is 0 Å². The van der Waals surface area contributed by atoms with Gasteiger partial charge in [0.05, 0.1) is 0 Å². The Morgan fingerprint density at radius 1 is 1.00 bits per heavy atom. The number of hydrogen-bond acceptors (Lipinski definition) is 4. The van der Waals surface area contributed by atoms with Crippen LogP contribution in [0.1, 0.15) is 6.42 Å². The Hall–Kier alpha value is -0.0301. The van der Waals surface area contributed by atoms with E-state index >= 15 is 0 Å². The molecule has 0 spiro atoms. The summed E-state index contributed by atoms with van der Waals surface area (Å²) in [6, 6.07) is 0. The lowest BCUT2D eigenvalue weighted by Crippen LogP contribution is -2.05. The lowest BCUT2D eigenvalue weighted by molar-refractivity contribution is 0.223. The maximum absolute atomic E-state index is 8.11. The van der Waals surface area contributed by atoms with Crippen LogP contribution < -0.4 is 0 Å². The quantitative estimate of drug-likeness (QED) is 0.321. The van der Waals surface area contributed by atoms with Crippen LogP contribution in [0.3, 0.4) is 0 Å². The molecule has 0 rings (SSSR count). The first-order valence-electron chi connectivity index (χ1n) is 2.79. The molecule has 4 nitrogen and oxygen atoms in total. The van der Waals surface area contributed by atoms with Crippen LogP contribution >= 0.6 is 0 Å². The van der Waals surface area contributed by atoms with Gasteiger partial charge in [-0.15, -0.1) is 0 Å². The summed E-state index contributed by atoms with van der Waals surface area (Å²) in [5, 5.41) is 16.2. The van der Waals surface area contributed by atoms with Gasteiger partial charge in [0.15, 0.2) is 0 Å². The first-order chi connectivity index (χ1) is 4.41. The molecule has 0 unspecified atom stereocenters. The van der Waals surface area contributed by atoms with Crippen LogP contribution in [0.4, 0.5) is 0 Å². The third-order valence-corrected chi connectivity index (χ3v) is 0.760. The normalized spacial score (nSPS) is 9.11. The minimum absolute atomic E-state index is 0.251. The van der Waals surface area contributed by atoms with Crippen LogP contribution in [0.15, 0.2) is 0 Å². The van der Waals surface area contributed by atoms with Gasteiger partial charge in [-0.2, -0.15) is 0 Å². The van der Waals surface area contributed by atoms with Gasteiger partial charge in [-0.1, -0.05) is 0 Å². The lowest BCUT2D eigenvalue weighted by Gasteiger charge is -1.98. The van der Waals surface area contributed by atoms with Gasteiger partial charge in [0.25, 0.3) is 0 Å². The molecule has 9 heavy (non-hydrogen) atoms. The van der Waals surface area contributed by atoms with Crippen LogP contribution in [0, 0.1) is 0 Å². The van der Waals surface area contributed by atoms with Gasteiger partial charge in [0, 0.05) is 13.2 Å². The lowest BCUT2D eigenvalue weighted by atomic mass is 10.3. The van der Waals surface area contributed by atoms with E-state index in [9.17, 15) is 0 Å². The third kappa shape index (κ3) is 7.97. The predicted molar refractivity (Wildman–Crippen MR) is 35.3 cm³/mol. The van der Waals surface area contributed by atoms with Crippen LogP contribution in [0.5, 0.6) is 0 Å². The topological polar surface area (TPSA) is 58.9 Å². The van der Waals surface area contributed by atoms with Gasteiger partial charge in [-0.25, -0.2) is 0 Å². The van der Waals surface area contributed by atoms with E-state index in [1.165, 1.54) is 0 Å². The molecule has 0 saturated carbocycles. The van der Waals surface area contributed by atoms with E-state index in [1.807, 2.05) is 0 Å². The highest BCUT2D eigenvalue weighted by Crippen LogP contribution is 1.80. The zero-order chi connectivity index (χ0) is 6.95. The Labute approximate surface area is 55.4 Å². The first kappa shape index (κ1) is 8.97. The Bertz CT molecular complexity index is 47.1. The molecule has 0 saturated heterocycles. The van der Waals surface area contributed by atoms with Crippen molar-refractivity contribution in [2.45, 2.75) is 6.42 Å². The predicted octanol–water partition coefficient (Wildman–Crippen LogP) is -2.07. The van der Waals surface area contributed by atoms with Gasteiger partial charge in [0.2, 0.25) is 0 Å². The zero-order valence-electron chi connectivity index (χ0n) is 5.25. The molecule has 52 valence electrons. The summed E-state index contributed by atoms with van der Waals surface area (Å²) in [4.78, 5) is 0. The molecule has 0 bridgehead atoms. The van der Waals surface area contributed by atoms with E-state index in [0.717, 1.165) is 0 Å². The molecule has 0 heterocycles. The van der Waals surface area contributed by atoms with Crippen molar-refractivity contribution in [3.63, 3.8) is 0 Å². The second kappa shape index (κ2) is 7.97. The van der Waals surface area contributed by atoms with Gasteiger partial charge in [-0.3, -0.25) is 0 Å². The van der Waals surface area contributed by atoms with Crippen LogP contribution in [-0.4, -0.2) is 38.6 Å². The summed E-state index contributed by atoms with van der Waals surface area (Å²) >= 11 is 0. The van der Waals surface area contributed by atoms with Gasteiger partial charge in [-0.05, 0) is 6.42 Å². The molecule has 6 heteroatoms. The SMILES string of the molecule is OBOCCCOBO. The smallest absolute Gasteiger partial charge is 0.430 e. The van der Waals surface area contributed by atoms with Crippen molar-refractivity contribution in [2.24, 2.45) is 0 Å². The van der Waals surface area contributed by atoms with Gasteiger partial charge >= 0.3 is 15.4 Å². The molecule has 2 N–H and O–H groups in total. The highest BCUT2D eigenvalue weighted by Gasteiger charge is 1.88. The number of rotatable bonds is 6. The van der Waals surface area contributed by atoms with Gasteiger partial charge in [0.1, 0.15) is 0 Å². The van der Waals surface area contributed by atoms with Crippen LogP contribution in [-0.2, 0) is 9.31 Å².